The lowest BCUT2D eigenvalue weighted by Crippen LogP contribution is -2.35. The fraction of sp³-hybridized carbons (Fsp3) is 0.800. The number of carboxylic acid groups (broad SMARTS) is 1. The van der Waals surface area contributed by atoms with Crippen LogP contribution >= 0.6 is 11.8 Å². The van der Waals surface area contributed by atoms with Crippen LogP contribution in [-0.2, 0) is 9.59 Å². The van der Waals surface area contributed by atoms with Crippen molar-refractivity contribution in [1.82, 2.24) is 5.32 Å². The van der Waals surface area contributed by atoms with Crippen molar-refractivity contribution in [2.75, 3.05) is 11.5 Å². The molecule has 0 aliphatic carbocycles. The zero-order valence-electron chi connectivity index (χ0n) is 9.73. The molecule has 0 aliphatic heterocycles. The molecule has 1 amide bonds. The quantitative estimate of drug-likeness (QED) is 0.579. The van der Waals surface area contributed by atoms with Crippen molar-refractivity contribution in [2.45, 2.75) is 38.8 Å². The lowest BCUT2D eigenvalue weighted by atomic mass is 10.2. The summed E-state index contributed by atoms with van der Waals surface area (Å²) in [5, 5.41) is 11.4. The van der Waals surface area contributed by atoms with Crippen molar-refractivity contribution in [3.05, 3.63) is 0 Å². The van der Waals surface area contributed by atoms with Gasteiger partial charge in [-0.2, -0.15) is 0 Å². The largest absolute Gasteiger partial charge is 0.480 e. The molecule has 0 radical (unpaired) electrons. The van der Waals surface area contributed by atoms with Crippen molar-refractivity contribution in [2.24, 2.45) is 5.73 Å². The molecule has 0 spiro atoms. The van der Waals surface area contributed by atoms with Gasteiger partial charge in [0.15, 0.2) is 0 Å². The Labute approximate surface area is 100 Å². The second-order valence-electron chi connectivity index (χ2n) is 3.72. The second kappa shape index (κ2) is 8.41. The fourth-order valence-electron chi connectivity index (χ4n) is 1.17. The molecule has 6 heteroatoms. The summed E-state index contributed by atoms with van der Waals surface area (Å²) in [6.45, 7) is 4.01. The molecule has 0 saturated heterocycles. The van der Waals surface area contributed by atoms with E-state index in [-0.39, 0.29) is 23.5 Å². The molecule has 0 rings (SSSR count). The van der Waals surface area contributed by atoms with Crippen LogP contribution in [0.25, 0.3) is 0 Å². The van der Waals surface area contributed by atoms with Crippen LogP contribution in [0.5, 0.6) is 0 Å². The maximum absolute atomic E-state index is 11.4. The lowest BCUT2D eigenvalue weighted by Gasteiger charge is -2.12. The van der Waals surface area contributed by atoms with Crippen LogP contribution in [0.3, 0.4) is 0 Å². The zero-order chi connectivity index (χ0) is 12.6. The predicted octanol–water partition coefficient (Wildman–Crippen LogP) is 0.436. The Morgan fingerprint density at radius 3 is 2.62 bits per heavy atom. The van der Waals surface area contributed by atoms with Crippen molar-refractivity contribution in [3.63, 3.8) is 0 Å². The Kier molecular flexibility index (Phi) is 8.01. The summed E-state index contributed by atoms with van der Waals surface area (Å²) >= 11 is 1.24. The van der Waals surface area contributed by atoms with Crippen LogP contribution in [0.1, 0.15) is 26.7 Å². The minimum atomic E-state index is -1.03. The smallest absolute Gasteiger partial charge is 0.321 e. The Morgan fingerprint density at radius 2 is 2.12 bits per heavy atom. The van der Waals surface area contributed by atoms with Crippen LogP contribution in [-0.4, -0.2) is 40.6 Å². The van der Waals surface area contributed by atoms with E-state index in [1.54, 1.807) is 0 Å². The van der Waals surface area contributed by atoms with E-state index in [1.807, 2.05) is 6.92 Å². The Morgan fingerprint density at radius 1 is 1.50 bits per heavy atom. The first-order chi connectivity index (χ1) is 7.47. The summed E-state index contributed by atoms with van der Waals surface area (Å²) in [5.74, 6) is -0.587. The maximum Gasteiger partial charge on any atom is 0.321 e. The molecule has 16 heavy (non-hydrogen) atoms. The van der Waals surface area contributed by atoms with Crippen molar-refractivity contribution in [1.29, 1.82) is 0 Å². The summed E-state index contributed by atoms with van der Waals surface area (Å²) in [6, 6.07) is -0.725. The number of carbonyl (C=O) groups is 2. The topological polar surface area (TPSA) is 92.4 Å². The number of rotatable bonds is 8. The van der Waals surface area contributed by atoms with E-state index in [0.29, 0.717) is 0 Å². The molecule has 5 nitrogen and oxygen atoms in total. The summed E-state index contributed by atoms with van der Waals surface area (Å²) < 4.78 is 0. The fourth-order valence-corrected chi connectivity index (χ4v) is 1.95. The number of nitrogens with one attached hydrogen (secondary N) is 1. The van der Waals surface area contributed by atoms with Gasteiger partial charge in [-0.25, -0.2) is 0 Å². The molecule has 2 atom stereocenters. The van der Waals surface area contributed by atoms with Gasteiger partial charge in [-0.15, -0.1) is 11.8 Å². The SMILES string of the molecule is CCCC(C)NC(=O)CSCC(N)C(=O)O. The number of carboxylic acids is 1. The molecular weight excluding hydrogens is 228 g/mol. The Bertz CT molecular complexity index is 236. The number of amides is 1. The molecule has 0 aromatic rings. The zero-order valence-corrected chi connectivity index (χ0v) is 10.5. The van der Waals surface area contributed by atoms with Crippen LogP contribution in [0.4, 0.5) is 0 Å². The first-order valence-corrected chi connectivity index (χ1v) is 6.48. The molecular formula is C10H20N2O3S. The van der Waals surface area contributed by atoms with Gasteiger partial charge in [0.2, 0.25) is 5.91 Å². The van der Waals surface area contributed by atoms with Gasteiger partial charge in [0.1, 0.15) is 6.04 Å². The van der Waals surface area contributed by atoms with E-state index in [1.165, 1.54) is 11.8 Å². The number of hydrogen-bond donors (Lipinski definition) is 3. The van der Waals surface area contributed by atoms with Crippen LogP contribution < -0.4 is 11.1 Å². The van der Waals surface area contributed by atoms with Gasteiger partial charge >= 0.3 is 5.97 Å². The number of carbonyl (C=O) groups excluding carboxylic acids is 1. The number of thioether (sulfide) groups is 1. The van der Waals surface area contributed by atoms with Crippen molar-refractivity contribution >= 4 is 23.6 Å². The molecule has 4 N–H and O–H groups in total. The van der Waals surface area contributed by atoms with Crippen LogP contribution in [0.2, 0.25) is 0 Å². The summed E-state index contributed by atoms with van der Waals surface area (Å²) in [5.41, 5.74) is 5.30. The average Bonchev–Trinajstić information content (AvgIpc) is 2.17. The Balaban J connectivity index is 3.62. The molecule has 94 valence electrons. The molecule has 0 saturated carbocycles. The van der Waals surface area contributed by atoms with Crippen LogP contribution in [0.15, 0.2) is 0 Å². The summed E-state index contributed by atoms with van der Waals surface area (Å²) in [6.07, 6.45) is 1.98. The van der Waals surface area contributed by atoms with Gasteiger partial charge in [-0.1, -0.05) is 13.3 Å². The molecule has 0 heterocycles. The normalized spacial score (nSPS) is 14.2. The first-order valence-electron chi connectivity index (χ1n) is 5.32. The molecule has 0 aromatic heterocycles. The van der Waals surface area contributed by atoms with E-state index in [9.17, 15) is 9.59 Å². The van der Waals surface area contributed by atoms with E-state index in [0.717, 1.165) is 12.8 Å². The molecule has 0 fully saturated rings. The highest BCUT2D eigenvalue weighted by Gasteiger charge is 2.12. The molecule has 0 bridgehead atoms. The van der Waals surface area contributed by atoms with Gasteiger partial charge in [0, 0.05) is 11.8 Å². The van der Waals surface area contributed by atoms with E-state index in [2.05, 4.69) is 12.2 Å². The third-order valence-electron chi connectivity index (χ3n) is 1.98. The second-order valence-corrected chi connectivity index (χ2v) is 4.75. The molecule has 0 aliphatic rings. The highest BCUT2D eigenvalue weighted by molar-refractivity contribution is 8.00. The minimum absolute atomic E-state index is 0.0662. The van der Waals surface area contributed by atoms with Gasteiger partial charge in [0.25, 0.3) is 0 Å². The molecule has 0 aromatic carbocycles. The maximum atomic E-state index is 11.4. The summed E-state index contributed by atoms with van der Waals surface area (Å²) in [7, 11) is 0. The van der Waals surface area contributed by atoms with Crippen molar-refractivity contribution < 1.29 is 14.7 Å². The van der Waals surface area contributed by atoms with E-state index < -0.39 is 12.0 Å². The monoisotopic (exact) mass is 248 g/mol. The van der Waals surface area contributed by atoms with E-state index in [4.69, 9.17) is 10.8 Å². The van der Waals surface area contributed by atoms with Gasteiger partial charge in [-0.3, -0.25) is 9.59 Å². The first kappa shape index (κ1) is 15.2. The third kappa shape index (κ3) is 7.53. The van der Waals surface area contributed by atoms with Gasteiger partial charge in [-0.05, 0) is 13.3 Å². The highest BCUT2D eigenvalue weighted by atomic mass is 32.2. The highest BCUT2D eigenvalue weighted by Crippen LogP contribution is 2.02. The van der Waals surface area contributed by atoms with Crippen LogP contribution in [0, 0.1) is 0 Å². The van der Waals surface area contributed by atoms with Crippen molar-refractivity contribution in [3.8, 4) is 0 Å². The standard InChI is InChI=1S/C10H20N2O3S/c1-3-4-7(2)12-9(13)6-16-5-8(11)10(14)15/h7-8H,3-6,11H2,1-2H3,(H,12,13)(H,14,15). The number of aliphatic carboxylic acids is 1. The number of nitrogens with two attached hydrogens (primary N) is 1. The van der Waals surface area contributed by atoms with E-state index >= 15 is 0 Å². The Hall–Kier alpha value is -0.750. The van der Waals surface area contributed by atoms with Gasteiger partial charge in [0.05, 0.1) is 5.75 Å². The third-order valence-corrected chi connectivity index (χ3v) is 3.04. The predicted molar refractivity (Wildman–Crippen MR) is 65.4 cm³/mol. The average molecular weight is 248 g/mol. The lowest BCUT2D eigenvalue weighted by molar-refractivity contribution is -0.138. The number of hydrogen-bond acceptors (Lipinski definition) is 4. The summed E-state index contributed by atoms with van der Waals surface area (Å²) in [4.78, 5) is 21.8. The molecule has 2 unspecified atom stereocenters. The van der Waals surface area contributed by atoms with Gasteiger partial charge < -0.3 is 16.2 Å². The minimum Gasteiger partial charge on any atom is -0.480 e.